The quantitative estimate of drug-likeness (QED) is 0.839. The molecule has 1 atom stereocenters. The molecule has 0 bridgehead atoms. The van der Waals surface area contributed by atoms with Gasteiger partial charge in [-0.25, -0.2) is 0 Å². The Morgan fingerprint density at radius 1 is 1.27 bits per heavy atom. The van der Waals surface area contributed by atoms with Gasteiger partial charge >= 0.3 is 0 Å². The van der Waals surface area contributed by atoms with Crippen molar-refractivity contribution in [1.82, 2.24) is 5.32 Å². The summed E-state index contributed by atoms with van der Waals surface area (Å²) in [5.41, 5.74) is 1.30. The molecular weight excluding hydrogens is 210 g/mol. The SMILES string of the molecule is COc1ccccc1C1CCCCN1.Cl. The van der Waals surface area contributed by atoms with E-state index in [1.165, 1.54) is 24.8 Å². The zero-order valence-corrected chi connectivity index (χ0v) is 9.85. The first kappa shape index (κ1) is 12.3. The summed E-state index contributed by atoms with van der Waals surface area (Å²) in [7, 11) is 1.74. The normalized spacial score (nSPS) is 20.5. The summed E-state index contributed by atoms with van der Waals surface area (Å²) >= 11 is 0. The third-order valence-corrected chi connectivity index (χ3v) is 2.82. The van der Waals surface area contributed by atoms with Gasteiger partial charge in [0.15, 0.2) is 0 Å². The number of ether oxygens (including phenoxy) is 1. The van der Waals surface area contributed by atoms with Gasteiger partial charge in [-0.15, -0.1) is 12.4 Å². The van der Waals surface area contributed by atoms with E-state index in [9.17, 15) is 0 Å². The van der Waals surface area contributed by atoms with E-state index in [0.717, 1.165) is 12.3 Å². The first-order valence-corrected chi connectivity index (χ1v) is 5.28. The smallest absolute Gasteiger partial charge is 0.123 e. The maximum Gasteiger partial charge on any atom is 0.123 e. The van der Waals surface area contributed by atoms with Gasteiger partial charge in [0.05, 0.1) is 7.11 Å². The summed E-state index contributed by atoms with van der Waals surface area (Å²) in [5, 5.41) is 3.53. The van der Waals surface area contributed by atoms with Crippen LogP contribution in [0.15, 0.2) is 24.3 Å². The fraction of sp³-hybridized carbons (Fsp3) is 0.500. The van der Waals surface area contributed by atoms with E-state index in [0.29, 0.717) is 6.04 Å². The predicted octanol–water partition coefficient (Wildman–Crippen LogP) is 2.93. The fourth-order valence-corrected chi connectivity index (χ4v) is 2.07. The molecule has 1 saturated heterocycles. The third-order valence-electron chi connectivity index (χ3n) is 2.82. The van der Waals surface area contributed by atoms with Gasteiger partial charge < -0.3 is 10.1 Å². The minimum Gasteiger partial charge on any atom is -0.496 e. The minimum absolute atomic E-state index is 0. The number of halogens is 1. The van der Waals surface area contributed by atoms with Gasteiger partial charge in [-0.05, 0) is 25.5 Å². The van der Waals surface area contributed by atoms with Crippen LogP contribution in [0.2, 0.25) is 0 Å². The van der Waals surface area contributed by atoms with Crippen molar-refractivity contribution in [2.45, 2.75) is 25.3 Å². The third kappa shape index (κ3) is 2.86. The van der Waals surface area contributed by atoms with Crippen LogP contribution in [0.4, 0.5) is 0 Å². The second-order valence-corrected chi connectivity index (χ2v) is 3.74. The number of piperidine rings is 1. The minimum atomic E-state index is 0. The van der Waals surface area contributed by atoms with Crippen LogP contribution in [0.3, 0.4) is 0 Å². The van der Waals surface area contributed by atoms with E-state index in [4.69, 9.17) is 4.74 Å². The van der Waals surface area contributed by atoms with Crippen LogP contribution in [0.25, 0.3) is 0 Å². The summed E-state index contributed by atoms with van der Waals surface area (Å²) in [5.74, 6) is 1.01. The molecule has 15 heavy (non-hydrogen) atoms. The molecule has 1 aromatic carbocycles. The predicted molar refractivity (Wildman–Crippen MR) is 64.8 cm³/mol. The molecule has 0 aliphatic carbocycles. The Morgan fingerprint density at radius 2 is 2.07 bits per heavy atom. The fourth-order valence-electron chi connectivity index (χ4n) is 2.07. The molecule has 1 heterocycles. The number of benzene rings is 1. The Hall–Kier alpha value is -0.730. The van der Waals surface area contributed by atoms with Gasteiger partial charge in [-0.1, -0.05) is 24.6 Å². The molecule has 0 radical (unpaired) electrons. The van der Waals surface area contributed by atoms with Gasteiger partial charge in [0.25, 0.3) is 0 Å². The van der Waals surface area contributed by atoms with Crippen LogP contribution < -0.4 is 10.1 Å². The molecule has 0 spiro atoms. The standard InChI is InChI=1S/C12H17NO.ClH/c1-14-12-8-3-2-6-10(12)11-7-4-5-9-13-11;/h2-3,6,8,11,13H,4-5,7,9H2,1H3;1H. The van der Waals surface area contributed by atoms with Crippen molar-refractivity contribution in [3.8, 4) is 5.75 Å². The number of nitrogens with one attached hydrogen (secondary N) is 1. The Kier molecular flexibility index (Phi) is 4.92. The van der Waals surface area contributed by atoms with Crippen LogP contribution in [0.5, 0.6) is 5.75 Å². The molecule has 1 N–H and O–H groups in total. The van der Waals surface area contributed by atoms with Crippen molar-refractivity contribution >= 4 is 12.4 Å². The van der Waals surface area contributed by atoms with Crippen LogP contribution >= 0.6 is 12.4 Å². The van der Waals surface area contributed by atoms with E-state index < -0.39 is 0 Å². The van der Waals surface area contributed by atoms with E-state index in [1.54, 1.807) is 7.11 Å². The van der Waals surface area contributed by atoms with Crippen LogP contribution in [0, 0.1) is 0 Å². The molecular formula is C12H18ClNO. The second kappa shape index (κ2) is 5.99. The molecule has 0 saturated carbocycles. The molecule has 1 aliphatic rings. The highest BCUT2D eigenvalue weighted by atomic mass is 35.5. The molecule has 3 heteroatoms. The van der Waals surface area contributed by atoms with Crippen molar-refractivity contribution in [3.05, 3.63) is 29.8 Å². The van der Waals surface area contributed by atoms with Gasteiger partial charge in [-0.3, -0.25) is 0 Å². The van der Waals surface area contributed by atoms with Crippen LogP contribution in [-0.4, -0.2) is 13.7 Å². The molecule has 0 amide bonds. The highest BCUT2D eigenvalue weighted by molar-refractivity contribution is 5.85. The Morgan fingerprint density at radius 3 is 2.73 bits per heavy atom. The summed E-state index contributed by atoms with van der Waals surface area (Å²) < 4.78 is 5.36. The maximum absolute atomic E-state index is 5.36. The number of rotatable bonds is 2. The Balaban J connectivity index is 0.00000112. The number of hydrogen-bond acceptors (Lipinski definition) is 2. The van der Waals surface area contributed by atoms with Crippen LogP contribution in [-0.2, 0) is 0 Å². The lowest BCUT2D eigenvalue weighted by atomic mass is 9.97. The van der Waals surface area contributed by atoms with Crippen molar-refractivity contribution < 1.29 is 4.74 Å². The van der Waals surface area contributed by atoms with E-state index >= 15 is 0 Å². The maximum atomic E-state index is 5.36. The monoisotopic (exact) mass is 227 g/mol. The molecule has 84 valence electrons. The average molecular weight is 228 g/mol. The Bertz CT molecular complexity index is 297. The summed E-state index contributed by atoms with van der Waals surface area (Å²) in [6.07, 6.45) is 3.84. The van der Waals surface area contributed by atoms with Crippen molar-refractivity contribution in [2.75, 3.05) is 13.7 Å². The number of methoxy groups -OCH3 is 1. The van der Waals surface area contributed by atoms with Gasteiger partial charge in [0, 0.05) is 11.6 Å². The van der Waals surface area contributed by atoms with Gasteiger partial charge in [-0.2, -0.15) is 0 Å². The molecule has 1 aromatic rings. The summed E-state index contributed by atoms with van der Waals surface area (Å²) in [4.78, 5) is 0. The molecule has 2 nitrogen and oxygen atoms in total. The lowest BCUT2D eigenvalue weighted by Crippen LogP contribution is -2.27. The summed E-state index contributed by atoms with van der Waals surface area (Å²) in [6.45, 7) is 1.13. The second-order valence-electron chi connectivity index (χ2n) is 3.74. The Labute approximate surface area is 97.4 Å². The first-order valence-electron chi connectivity index (χ1n) is 5.28. The molecule has 1 aliphatic heterocycles. The molecule has 1 unspecified atom stereocenters. The lowest BCUT2D eigenvalue weighted by Gasteiger charge is -2.25. The molecule has 0 aromatic heterocycles. The highest BCUT2D eigenvalue weighted by Crippen LogP contribution is 2.29. The average Bonchev–Trinajstić information content (AvgIpc) is 2.30. The van der Waals surface area contributed by atoms with Gasteiger partial charge in [0.1, 0.15) is 5.75 Å². The lowest BCUT2D eigenvalue weighted by molar-refractivity contribution is 0.373. The molecule has 1 fully saturated rings. The largest absolute Gasteiger partial charge is 0.496 e. The first-order chi connectivity index (χ1) is 6.92. The van der Waals surface area contributed by atoms with E-state index in [-0.39, 0.29) is 12.4 Å². The van der Waals surface area contributed by atoms with Crippen LogP contribution in [0.1, 0.15) is 30.9 Å². The topological polar surface area (TPSA) is 21.3 Å². The zero-order chi connectivity index (χ0) is 9.80. The van der Waals surface area contributed by atoms with Gasteiger partial charge in [0.2, 0.25) is 0 Å². The van der Waals surface area contributed by atoms with Crippen molar-refractivity contribution in [2.24, 2.45) is 0 Å². The van der Waals surface area contributed by atoms with Crippen molar-refractivity contribution in [3.63, 3.8) is 0 Å². The van der Waals surface area contributed by atoms with Crippen molar-refractivity contribution in [1.29, 1.82) is 0 Å². The number of para-hydroxylation sites is 1. The van der Waals surface area contributed by atoms with E-state index in [1.807, 2.05) is 12.1 Å². The zero-order valence-electron chi connectivity index (χ0n) is 9.03. The van der Waals surface area contributed by atoms with E-state index in [2.05, 4.69) is 17.4 Å². The molecule has 2 rings (SSSR count). The highest BCUT2D eigenvalue weighted by Gasteiger charge is 2.17. The number of hydrogen-bond donors (Lipinski definition) is 1. The summed E-state index contributed by atoms with van der Waals surface area (Å²) in [6, 6.07) is 8.77.